The van der Waals surface area contributed by atoms with Gasteiger partial charge >= 0.3 is 23.5 Å². The number of imidazole rings is 1. The zero-order chi connectivity index (χ0) is 46.4. The Bertz CT molecular complexity index is 2420. The molecule has 8 atom stereocenters. The van der Waals surface area contributed by atoms with Crippen molar-refractivity contribution in [3.05, 3.63) is 72.8 Å². The van der Waals surface area contributed by atoms with Crippen LogP contribution in [0.3, 0.4) is 0 Å². The van der Waals surface area contributed by atoms with Crippen molar-refractivity contribution in [2.24, 2.45) is 5.41 Å². The third-order valence-electron chi connectivity index (χ3n) is 9.31. The number of phosphoric ester groups is 3. The van der Waals surface area contributed by atoms with Crippen LogP contribution in [-0.2, 0) is 51.5 Å². The van der Waals surface area contributed by atoms with Gasteiger partial charge in [0.05, 0.1) is 25.2 Å². The molecule has 25 nitrogen and oxygen atoms in total. The van der Waals surface area contributed by atoms with E-state index in [1.54, 1.807) is 11.5 Å². The van der Waals surface area contributed by atoms with Crippen LogP contribution >= 0.6 is 35.2 Å². The second-order valence-corrected chi connectivity index (χ2v) is 19.8. The minimum absolute atomic E-state index is 0.0285. The molecule has 63 heavy (non-hydrogen) atoms. The summed E-state index contributed by atoms with van der Waals surface area (Å²) in [5.74, 6) is -0.989. The number of carbonyl (C=O) groups excluding carboxylic acids is 2. The summed E-state index contributed by atoms with van der Waals surface area (Å²) in [6.45, 7) is 4.27. The number of nitrogens with two attached hydrogens (primary N) is 1. The van der Waals surface area contributed by atoms with E-state index in [0.29, 0.717) is 11.4 Å². The van der Waals surface area contributed by atoms with Gasteiger partial charge in [-0.3, -0.25) is 27.7 Å². The highest BCUT2D eigenvalue weighted by Gasteiger charge is 2.50. The molecule has 5 rings (SSSR count). The number of nitrogens with zero attached hydrogens (tertiary/aromatic N) is 4. The molecule has 4 aromatic rings. The number of amides is 2. The summed E-state index contributed by atoms with van der Waals surface area (Å²) in [6, 6.07) is 9.39. The van der Waals surface area contributed by atoms with Crippen LogP contribution in [0.2, 0.25) is 0 Å². The summed E-state index contributed by atoms with van der Waals surface area (Å²) in [5, 5.41) is 40.3. The summed E-state index contributed by atoms with van der Waals surface area (Å²) in [5.41, 5.74) is 4.22. The highest BCUT2D eigenvalue weighted by molar-refractivity contribution is 8.02. The van der Waals surface area contributed by atoms with Gasteiger partial charge in [-0.2, -0.15) is 4.31 Å². The Morgan fingerprint density at radius 2 is 1.81 bits per heavy atom. The molecule has 0 saturated carbocycles. The SMILES string of the molecule is C=CC(O)(C=CSCCNC(=O)CCNC(=O)[C@H](O)C(C)(C)COP(=O)(O)OP(=O)(O)OC[C@H]1O[C@@H](n2cnc3c(N)ncnc32)[C@H](O)[C@@H]1OP(=O)(O)O)c1cc2ccccc2[nH]1. The number of H-pyrrole nitrogens is 1. The van der Waals surface area contributed by atoms with Gasteiger partial charge in [-0.05, 0) is 29.0 Å². The molecule has 1 aliphatic heterocycles. The Hall–Kier alpha value is -3.91. The quantitative estimate of drug-likeness (QED) is 0.0283. The van der Waals surface area contributed by atoms with Crippen LogP contribution in [-0.4, -0.2) is 128 Å². The zero-order valence-electron chi connectivity index (χ0n) is 33.4. The average molecular weight is 965 g/mol. The summed E-state index contributed by atoms with van der Waals surface area (Å²) in [7, 11) is -16.4. The molecule has 3 unspecified atom stereocenters. The first-order chi connectivity index (χ1) is 29.4. The van der Waals surface area contributed by atoms with Crippen molar-refractivity contribution in [2.75, 3.05) is 37.8 Å². The molecule has 12 N–H and O–H groups in total. The highest BCUT2D eigenvalue weighted by atomic mass is 32.2. The maximum Gasteiger partial charge on any atom is 0.481 e. The molecule has 0 bridgehead atoms. The van der Waals surface area contributed by atoms with Gasteiger partial charge in [0, 0.05) is 36.2 Å². The van der Waals surface area contributed by atoms with Crippen LogP contribution < -0.4 is 16.4 Å². The third kappa shape index (κ3) is 13.3. The van der Waals surface area contributed by atoms with Crippen LogP contribution in [0.1, 0.15) is 32.2 Å². The van der Waals surface area contributed by atoms with E-state index in [4.69, 9.17) is 19.5 Å². The standard InChI is InChI=1S/C34H47N8O17P3S/c1-4-34(47,23-15-20-7-5-6-8-21(20)41-23)10-13-63-14-12-36-24(43)9-11-37-31(46)28(45)33(2,3)17-56-62(53,54)59-61(51,52)55-16-22-27(58-60(48,49)50)26(44)32(57-22)42-19-40-25-29(35)38-18-39-30(25)42/h4-8,10,13,15,18-19,22,26-28,32,41,44-45,47H,1,9,11-12,14,16-17H2,2-3H3,(H,36,43)(H,37,46)(H,51,52)(H,53,54)(H2,35,38,39)(H2,48,49,50)/t22-,26-,27-,28+,32-,34?/m1/s1. The van der Waals surface area contributed by atoms with Gasteiger partial charge in [-0.1, -0.05) is 44.7 Å². The van der Waals surface area contributed by atoms with E-state index in [0.717, 1.165) is 28.1 Å². The molecule has 346 valence electrons. The van der Waals surface area contributed by atoms with E-state index in [2.05, 4.69) is 46.0 Å². The van der Waals surface area contributed by atoms with E-state index in [-0.39, 0.29) is 36.5 Å². The van der Waals surface area contributed by atoms with Crippen molar-refractivity contribution in [3.8, 4) is 0 Å². The van der Waals surface area contributed by atoms with Gasteiger partial charge in [-0.25, -0.2) is 28.6 Å². The Morgan fingerprint density at radius 3 is 2.51 bits per heavy atom. The molecule has 1 aliphatic rings. The molecule has 1 saturated heterocycles. The lowest BCUT2D eigenvalue weighted by atomic mass is 9.87. The number of aromatic amines is 1. The number of anilines is 1. The number of ether oxygens (including phenoxy) is 1. The number of thioether (sulfide) groups is 1. The number of aliphatic hydroxyl groups is 3. The number of aliphatic hydroxyl groups excluding tert-OH is 2. The predicted octanol–water partition coefficient (Wildman–Crippen LogP) is 1.21. The number of aromatic nitrogens is 5. The summed E-state index contributed by atoms with van der Waals surface area (Å²) < 4.78 is 62.4. The Balaban J connectivity index is 1.03. The molecule has 0 radical (unpaired) electrons. The lowest BCUT2D eigenvalue weighted by Gasteiger charge is -2.30. The fraction of sp³-hybridized carbons (Fsp3) is 0.441. The van der Waals surface area contributed by atoms with Gasteiger partial charge in [0.1, 0.15) is 41.9 Å². The van der Waals surface area contributed by atoms with E-state index in [1.165, 1.54) is 31.7 Å². The Kier molecular flexibility index (Phi) is 16.3. The summed E-state index contributed by atoms with van der Waals surface area (Å²) in [4.78, 5) is 79.3. The van der Waals surface area contributed by atoms with E-state index < -0.39 is 90.2 Å². The molecule has 1 fully saturated rings. The minimum Gasteiger partial charge on any atom is -0.386 e. The largest absolute Gasteiger partial charge is 0.481 e. The lowest BCUT2D eigenvalue weighted by Crippen LogP contribution is -2.46. The monoisotopic (exact) mass is 964 g/mol. The van der Waals surface area contributed by atoms with Crippen LogP contribution in [0, 0.1) is 5.41 Å². The predicted molar refractivity (Wildman–Crippen MR) is 224 cm³/mol. The highest BCUT2D eigenvalue weighted by Crippen LogP contribution is 2.61. The van der Waals surface area contributed by atoms with Crippen LogP contribution in [0.5, 0.6) is 0 Å². The molecular weight excluding hydrogens is 917 g/mol. The van der Waals surface area contributed by atoms with Crippen molar-refractivity contribution in [3.63, 3.8) is 0 Å². The van der Waals surface area contributed by atoms with E-state index >= 15 is 0 Å². The normalized spacial score (nSPS) is 21.8. The zero-order valence-corrected chi connectivity index (χ0v) is 36.9. The number of benzene rings is 1. The van der Waals surface area contributed by atoms with Crippen LogP contribution in [0.25, 0.3) is 22.1 Å². The summed E-state index contributed by atoms with van der Waals surface area (Å²) >= 11 is 1.33. The molecular formula is C34H47N8O17P3S. The number of carbonyl (C=O) groups is 2. The average Bonchev–Trinajstić information content (AvgIpc) is 3.93. The molecule has 29 heteroatoms. The number of hydrogen-bond acceptors (Lipinski definition) is 18. The number of hydrogen-bond donors (Lipinski definition) is 11. The third-order valence-corrected chi connectivity index (χ3v) is 13.2. The van der Waals surface area contributed by atoms with Gasteiger partial charge in [0.2, 0.25) is 11.8 Å². The van der Waals surface area contributed by atoms with E-state index in [9.17, 15) is 58.2 Å². The fourth-order valence-corrected chi connectivity index (χ4v) is 9.45. The number of phosphoric acid groups is 3. The summed E-state index contributed by atoms with van der Waals surface area (Å²) in [6.07, 6.45) is -3.97. The number of rotatable bonds is 23. The number of nitrogen functional groups attached to an aromatic ring is 1. The molecule has 2 amide bonds. The first-order valence-electron chi connectivity index (χ1n) is 18.6. The first kappa shape index (κ1) is 50.1. The number of para-hydroxylation sites is 1. The van der Waals surface area contributed by atoms with Gasteiger partial charge in [-0.15, -0.1) is 11.8 Å². The Morgan fingerprint density at radius 1 is 1.10 bits per heavy atom. The molecule has 1 aromatic carbocycles. The number of nitrogens with one attached hydrogen (secondary N) is 3. The molecule has 0 spiro atoms. The Labute approximate surface area is 362 Å². The number of fused-ring (bicyclic) bond motifs is 2. The first-order valence-corrected chi connectivity index (χ1v) is 24.1. The van der Waals surface area contributed by atoms with E-state index in [1.807, 2.05) is 30.3 Å². The topological polar surface area (TPSA) is 383 Å². The molecule has 3 aromatic heterocycles. The maximum atomic E-state index is 12.7. The van der Waals surface area contributed by atoms with Crippen LogP contribution in [0.15, 0.2) is 67.1 Å². The fourth-order valence-electron chi connectivity index (χ4n) is 5.97. The second kappa shape index (κ2) is 20.5. The second-order valence-electron chi connectivity index (χ2n) is 14.5. The van der Waals surface area contributed by atoms with Gasteiger partial charge in [0.25, 0.3) is 0 Å². The van der Waals surface area contributed by atoms with Crippen molar-refractivity contribution in [1.29, 1.82) is 0 Å². The van der Waals surface area contributed by atoms with Gasteiger partial charge in [0.15, 0.2) is 17.7 Å². The lowest BCUT2D eigenvalue weighted by molar-refractivity contribution is -0.137. The van der Waals surface area contributed by atoms with Crippen molar-refractivity contribution < 1.29 is 80.8 Å². The molecule has 4 heterocycles. The smallest absolute Gasteiger partial charge is 0.386 e. The minimum atomic E-state index is -5.58. The van der Waals surface area contributed by atoms with Crippen LogP contribution in [0.4, 0.5) is 5.82 Å². The van der Waals surface area contributed by atoms with Gasteiger partial charge < -0.3 is 61.0 Å². The van der Waals surface area contributed by atoms with Crippen molar-refractivity contribution in [1.82, 2.24) is 35.1 Å². The van der Waals surface area contributed by atoms with Crippen molar-refractivity contribution >= 4 is 74.9 Å². The maximum absolute atomic E-state index is 12.7. The molecule has 0 aliphatic carbocycles. The van der Waals surface area contributed by atoms with Crippen molar-refractivity contribution in [2.45, 2.75) is 56.5 Å².